The summed E-state index contributed by atoms with van der Waals surface area (Å²) < 4.78 is 0. The van der Waals surface area contributed by atoms with Gasteiger partial charge in [-0.3, -0.25) is 0 Å². The predicted molar refractivity (Wildman–Crippen MR) is 68.8 cm³/mol. The molecule has 88 valence electrons. The number of hydrogen-bond acceptors (Lipinski definition) is 2. The minimum Gasteiger partial charge on any atom is -0.356 e. The minimum absolute atomic E-state index is 0.886. The van der Waals surface area contributed by atoms with E-state index in [1.165, 1.54) is 43.7 Å². The number of aryl methyl sites for hydroxylation is 1. The summed E-state index contributed by atoms with van der Waals surface area (Å²) in [6.45, 7) is 6.86. The van der Waals surface area contributed by atoms with Crippen molar-refractivity contribution in [2.75, 3.05) is 18.0 Å². The molecular formula is C14H22N2. The molecule has 1 aromatic rings. The highest BCUT2D eigenvalue weighted by molar-refractivity contribution is 5.42. The first-order valence-corrected chi connectivity index (χ1v) is 6.53. The van der Waals surface area contributed by atoms with E-state index in [9.17, 15) is 0 Å². The van der Waals surface area contributed by atoms with Crippen molar-refractivity contribution in [2.24, 2.45) is 5.92 Å². The van der Waals surface area contributed by atoms with Crippen LogP contribution in [0.1, 0.15) is 38.7 Å². The Morgan fingerprint density at radius 3 is 3.06 bits per heavy atom. The largest absolute Gasteiger partial charge is 0.356 e. The lowest BCUT2D eigenvalue weighted by Gasteiger charge is -2.18. The van der Waals surface area contributed by atoms with E-state index < -0.39 is 0 Å². The molecule has 1 aromatic heterocycles. The topological polar surface area (TPSA) is 16.1 Å². The van der Waals surface area contributed by atoms with Gasteiger partial charge in [0.2, 0.25) is 0 Å². The van der Waals surface area contributed by atoms with Crippen LogP contribution in [-0.2, 0) is 6.42 Å². The number of hydrogen-bond donors (Lipinski definition) is 0. The number of aromatic nitrogens is 1. The summed E-state index contributed by atoms with van der Waals surface area (Å²) in [5.74, 6) is 2.06. The van der Waals surface area contributed by atoms with Crippen molar-refractivity contribution in [1.82, 2.24) is 4.98 Å². The average molecular weight is 218 g/mol. The molecule has 0 saturated carbocycles. The Bertz CT molecular complexity index is 335. The van der Waals surface area contributed by atoms with E-state index in [2.05, 4.69) is 35.9 Å². The Balaban J connectivity index is 2.02. The van der Waals surface area contributed by atoms with Crippen molar-refractivity contribution in [3.8, 4) is 0 Å². The third kappa shape index (κ3) is 2.55. The van der Waals surface area contributed by atoms with Crippen LogP contribution in [0.2, 0.25) is 0 Å². The second kappa shape index (κ2) is 5.33. The molecule has 0 aliphatic carbocycles. The summed E-state index contributed by atoms with van der Waals surface area (Å²) in [7, 11) is 0. The zero-order valence-corrected chi connectivity index (χ0v) is 10.4. The Morgan fingerprint density at radius 2 is 2.31 bits per heavy atom. The summed E-state index contributed by atoms with van der Waals surface area (Å²) in [4.78, 5) is 6.93. The van der Waals surface area contributed by atoms with Crippen molar-refractivity contribution in [3.63, 3.8) is 0 Å². The molecule has 2 nitrogen and oxygen atoms in total. The molecule has 0 aromatic carbocycles. The Hall–Kier alpha value is -1.05. The molecule has 1 aliphatic rings. The standard InChI is InChI=1S/C14H22N2/c1-3-5-13-7-9-16(11-13)14-10-12(4-2)6-8-15-14/h6,8,10,13H,3-5,7,9,11H2,1-2H3. The summed E-state index contributed by atoms with van der Waals surface area (Å²) >= 11 is 0. The van der Waals surface area contributed by atoms with Gasteiger partial charge in [-0.2, -0.15) is 0 Å². The van der Waals surface area contributed by atoms with Crippen molar-refractivity contribution in [1.29, 1.82) is 0 Å². The molecule has 2 rings (SSSR count). The monoisotopic (exact) mass is 218 g/mol. The molecule has 0 spiro atoms. The summed E-state index contributed by atoms with van der Waals surface area (Å²) in [6.07, 6.45) is 7.06. The fourth-order valence-corrected chi connectivity index (χ4v) is 2.54. The average Bonchev–Trinajstić information content (AvgIpc) is 2.78. The first kappa shape index (κ1) is 11.4. The first-order chi connectivity index (χ1) is 7.83. The van der Waals surface area contributed by atoms with Crippen LogP contribution in [0.5, 0.6) is 0 Å². The third-order valence-corrected chi connectivity index (χ3v) is 3.52. The summed E-state index contributed by atoms with van der Waals surface area (Å²) in [5.41, 5.74) is 1.39. The van der Waals surface area contributed by atoms with E-state index in [0.717, 1.165) is 12.3 Å². The maximum Gasteiger partial charge on any atom is 0.128 e. The van der Waals surface area contributed by atoms with Crippen molar-refractivity contribution >= 4 is 5.82 Å². The van der Waals surface area contributed by atoms with Gasteiger partial charge in [-0.05, 0) is 42.9 Å². The second-order valence-corrected chi connectivity index (χ2v) is 4.77. The van der Waals surface area contributed by atoms with Gasteiger partial charge >= 0.3 is 0 Å². The van der Waals surface area contributed by atoms with Gasteiger partial charge in [0, 0.05) is 19.3 Å². The molecule has 1 fully saturated rings. The van der Waals surface area contributed by atoms with Crippen LogP contribution in [0.25, 0.3) is 0 Å². The number of anilines is 1. The molecular weight excluding hydrogens is 196 g/mol. The fourth-order valence-electron chi connectivity index (χ4n) is 2.54. The zero-order valence-electron chi connectivity index (χ0n) is 10.4. The highest BCUT2D eigenvalue weighted by Crippen LogP contribution is 2.25. The SMILES string of the molecule is CCCC1CCN(c2cc(CC)ccn2)C1. The molecule has 1 aliphatic heterocycles. The van der Waals surface area contributed by atoms with Gasteiger partial charge in [0.05, 0.1) is 0 Å². The van der Waals surface area contributed by atoms with E-state index in [1.54, 1.807) is 0 Å². The Kier molecular flexibility index (Phi) is 3.81. The first-order valence-electron chi connectivity index (χ1n) is 6.53. The Labute approximate surface area is 98.7 Å². The third-order valence-electron chi connectivity index (χ3n) is 3.52. The molecule has 1 atom stereocenters. The molecule has 16 heavy (non-hydrogen) atoms. The van der Waals surface area contributed by atoms with Gasteiger partial charge < -0.3 is 4.90 Å². The summed E-state index contributed by atoms with van der Waals surface area (Å²) in [5, 5.41) is 0. The van der Waals surface area contributed by atoms with Gasteiger partial charge in [0.15, 0.2) is 0 Å². The maximum absolute atomic E-state index is 4.49. The molecule has 2 heteroatoms. The predicted octanol–water partition coefficient (Wildman–Crippen LogP) is 3.27. The van der Waals surface area contributed by atoms with Crippen LogP contribution in [0.4, 0.5) is 5.82 Å². The van der Waals surface area contributed by atoms with Crippen LogP contribution in [0.15, 0.2) is 18.3 Å². The number of nitrogens with zero attached hydrogens (tertiary/aromatic N) is 2. The minimum atomic E-state index is 0.886. The van der Waals surface area contributed by atoms with Crippen LogP contribution >= 0.6 is 0 Å². The van der Waals surface area contributed by atoms with Crippen molar-refractivity contribution < 1.29 is 0 Å². The molecule has 0 radical (unpaired) electrons. The van der Waals surface area contributed by atoms with Gasteiger partial charge in [0.1, 0.15) is 5.82 Å². The number of rotatable bonds is 4. The van der Waals surface area contributed by atoms with E-state index in [-0.39, 0.29) is 0 Å². The Morgan fingerprint density at radius 1 is 1.44 bits per heavy atom. The molecule has 0 bridgehead atoms. The summed E-state index contributed by atoms with van der Waals surface area (Å²) in [6, 6.07) is 4.36. The molecule has 2 heterocycles. The quantitative estimate of drug-likeness (QED) is 0.771. The smallest absolute Gasteiger partial charge is 0.128 e. The van der Waals surface area contributed by atoms with Gasteiger partial charge in [-0.1, -0.05) is 20.3 Å². The maximum atomic E-state index is 4.49. The van der Waals surface area contributed by atoms with Crippen molar-refractivity contribution in [2.45, 2.75) is 39.5 Å². The van der Waals surface area contributed by atoms with E-state index in [1.807, 2.05) is 6.20 Å². The van der Waals surface area contributed by atoms with Gasteiger partial charge in [-0.15, -0.1) is 0 Å². The fraction of sp³-hybridized carbons (Fsp3) is 0.643. The lowest BCUT2D eigenvalue weighted by atomic mass is 10.0. The van der Waals surface area contributed by atoms with Crippen LogP contribution in [0, 0.1) is 5.92 Å². The number of pyridine rings is 1. The highest BCUT2D eigenvalue weighted by Gasteiger charge is 2.22. The van der Waals surface area contributed by atoms with Crippen LogP contribution in [0.3, 0.4) is 0 Å². The van der Waals surface area contributed by atoms with Crippen LogP contribution in [-0.4, -0.2) is 18.1 Å². The van der Waals surface area contributed by atoms with Gasteiger partial charge in [0.25, 0.3) is 0 Å². The highest BCUT2D eigenvalue weighted by atomic mass is 15.2. The van der Waals surface area contributed by atoms with Crippen LogP contribution < -0.4 is 4.90 Å². The molecule has 1 unspecified atom stereocenters. The van der Waals surface area contributed by atoms with E-state index >= 15 is 0 Å². The van der Waals surface area contributed by atoms with E-state index in [0.29, 0.717) is 0 Å². The lowest BCUT2D eigenvalue weighted by Crippen LogP contribution is -2.20. The second-order valence-electron chi connectivity index (χ2n) is 4.77. The molecule has 0 N–H and O–H groups in total. The van der Waals surface area contributed by atoms with Crippen molar-refractivity contribution in [3.05, 3.63) is 23.9 Å². The normalized spacial score (nSPS) is 20.4. The molecule has 1 saturated heterocycles. The lowest BCUT2D eigenvalue weighted by molar-refractivity contribution is 0.529. The molecule has 0 amide bonds. The van der Waals surface area contributed by atoms with E-state index in [4.69, 9.17) is 0 Å². The zero-order chi connectivity index (χ0) is 11.4. The van der Waals surface area contributed by atoms with Gasteiger partial charge in [-0.25, -0.2) is 4.98 Å².